The van der Waals surface area contributed by atoms with E-state index in [1.807, 2.05) is 13.8 Å². The summed E-state index contributed by atoms with van der Waals surface area (Å²) in [5, 5.41) is 6.03. The number of benzene rings is 1. The Hall–Kier alpha value is -1.29. The van der Waals surface area contributed by atoms with Crippen LogP contribution in [0.2, 0.25) is 5.02 Å². The summed E-state index contributed by atoms with van der Waals surface area (Å²) in [5.41, 5.74) is 0.238. The van der Waals surface area contributed by atoms with Crippen LogP contribution in [0.25, 0.3) is 0 Å². The highest BCUT2D eigenvalue weighted by Crippen LogP contribution is 2.19. The number of hydrogen-bond donors (Lipinski definition) is 2. The molecule has 1 amide bonds. The second-order valence-corrected chi connectivity index (χ2v) is 4.50. The lowest BCUT2D eigenvalue weighted by atomic mass is 10.2. The zero-order chi connectivity index (χ0) is 13.5. The maximum Gasteiger partial charge on any atom is 0.239 e. The van der Waals surface area contributed by atoms with Gasteiger partial charge in [-0.2, -0.15) is 0 Å². The molecule has 1 rings (SSSR count). The second kappa shape index (κ2) is 7.21. The number of amides is 1. The first-order valence-corrected chi connectivity index (χ1v) is 6.42. The van der Waals surface area contributed by atoms with Crippen molar-refractivity contribution in [1.82, 2.24) is 5.32 Å². The van der Waals surface area contributed by atoms with Crippen molar-refractivity contribution in [3.05, 3.63) is 29.0 Å². The van der Waals surface area contributed by atoms with E-state index in [0.717, 1.165) is 12.8 Å². The first-order chi connectivity index (χ1) is 8.56. The van der Waals surface area contributed by atoms with E-state index in [1.165, 1.54) is 18.2 Å². The fourth-order valence-corrected chi connectivity index (χ4v) is 1.75. The summed E-state index contributed by atoms with van der Waals surface area (Å²) in [4.78, 5) is 11.6. The first-order valence-electron chi connectivity index (χ1n) is 6.05. The Morgan fingerprint density at radius 3 is 2.67 bits per heavy atom. The highest BCUT2D eigenvalue weighted by atomic mass is 35.5. The van der Waals surface area contributed by atoms with Crippen LogP contribution in [-0.4, -0.2) is 18.5 Å². The van der Waals surface area contributed by atoms with Crippen molar-refractivity contribution in [2.75, 3.05) is 11.9 Å². The summed E-state index contributed by atoms with van der Waals surface area (Å²) < 4.78 is 13.4. The molecule has 18 heavy (non-hydrogen) atoms. The molecule has 0 spiro atoms. The monoisotopic (exact) mass is 272 g/mol. The van der Waals surface area contributed by atoms with E-state index >= 15 is 0 Å². The van der Waals surface area contributed by atoms with E-state index in [1.54, 1.807) is 0 Å². The number of anilines is 1. The molecule has 0 unspecified atom stereocenters. The van der Waals surface area contributed by atoms with Gasteiger partial charge in [0.05, 0.1) is 12.2 Å². The molecule has 0 aliphatic carbocycles. The average Bonchev–Trinajstić information content (AvgIpc) is 2.37. The maximum atomic E-state index is 13.4. The van der Waals surface area contributed by atoms with Crippen LogP contribution < -0.4 is 10.6 Å². The molecular weight excluding hydrogens is 255 g/mol. The standard InChI is InChI=1S/C13H18ClFN2O/c1-3-10(4-2)17-13(18)8-16-12-7-9(14)5-6-11(12)15/h5-7,10,16H,3-4,8H2,1-2H3,(H,17,18). The summed E-state index contributed by atoms with van der Waals surface area (Å²) in [5.74, 6) is -0.571. The molecule has 0 atom stereocenters. The van der Waals surface area contributed by atoms with Gasteiger partial charge in [0.2, 0.25) is 5.91 Å². The van der Waals surface area contributed by atoms with Gasteiger partial charge in [-0.15, -0.1) is 0 Å². The molecular formula is C13H18ClFN2O. The Balaban J connectivity index is 2.49. The summed E-state index contributed by atoms with van der Waals surface area (Å²) in [6, 6.07) is 4.36. The Morgan fingerprint density at radius 2 is 2.06 bits per heavy atom. The molecule has 0 radical (unpaired) electrons. The number of halogens is 2. The molecule has 0 aliphatic heterocycles. The summed E-state index contributed by atoms with van der Waals surface area (Å²) in [6.45, 7) is 4.06. The largest absolute Gasteiger partial charge is 0.374 e. The first kappa shape index (κ1) is 14.8. The zero-order valence-electron chi connectivity index (χ0n) is 10.6. The van der Waals surface area contributed by atoms with Gasteiger partial charge in [0.25, 0.3) is 0 Å². The van der Waals surface area contributed by atoms with Gasteiger partial charge in [-0.05, 0) is 31.0 Å². The molecule has 0 fully saturated rings. The van der Waals surface area contributed by atoms with E-state index in [-0.39, 0.29) is 24.2 Å². The third kappa shape index (κ3) is 4.53. The van der Waals surface area contributed by atoms with Crippen LogP contribution in [0.5, 0.6) is 0 Å². The number of carbonyl (C=O) groups excluding carboxylic acids is 1. The average molecular weight is 273 g/mol. The normalized spacial score (nSPS) is 10.5. The Labute approximate surface area is 112 Å². The van der Waals surface area contributed by atoms with Gasteiger partial charge in [0, 0.05) is 11.1 Å². The van der Waals surface area contributed by atoms with Crippen LogP contribution in [0.1, 0.15) is 26.7 Å². The van der Waals surface area contributed by atoms with Crippen LogP contribution in [0, 0.1) is 5.82 Å². The van der Waals surface area contributed by atoms with E-state index < -0.39 is 5.82 Å². The molecule has 0 heterocycles. The SMILES string of the molecule is CCC(CC)NC(=O)CNc1cc(Cl)ccc1F. The molecule has 2 N–H and O–H groups in total. The smallest absolute Gasteiger partial charge is 0.239 e. The fourth-order valence-electron chi connectivity index (χ4n) is 1.58. The number of carbonyl (C=O) groups is 1. The summed E-state index contributed by atoms with van der Waals surface area (Å²) >= 11 is 5.75. The van der Waals surface area contributed by atoms with Gasteiger partial charge >= 0.3 is 0 Å². The molecule has 1 aromatic rings. The number of nitrogens with one attached hydrogen (secondary N) is 2. The molecule has 0 saturated heterocycles. The molecule has 100 valence electrons. The Kier molecular flexibility index (Phi) is 5.92. The van der Waals surface area contributed by atoms with Crippen molar-refractivity contribution in [2.45, 2.75) is 32.7 Å². The molecule has 1 aromatic carbocycles. The lowest BCUT2D eigenvalue weighted by molar-refractivity contribution is -0.120. The van der Waals surface area contributed by atoms with Crippen molar-refractivity contribution in [2.24, 2.45) is 0 Å². The van der Waals surface area contributed by atoms with Crippen LogP contribution in [-0.2, 0) is 4.79 Å². The predicted molar refractivity (Wildman–Crippen MR) is 72.4 cm³/mol. The van der Waals surface area contributed by atoms with Crippen LogP contribution >= 0.6 is 11.6 Å². The van der Waals surface area contributed by atoms with Gasteiger partial charge in [-0.25, -0.2) is 4.39 Å². The topological polar surface area (TPSA) is 41.1 Å². The van der Waals surface area contributed by atoms with Crippen molar-refractivity contribution in [1.29, 1.82) is 0 Å². The van der Waals surface area contributed by atoms with Crippen molar-refractivity contribution >= 4 is 23.2 Å². The number of hydrogen-bond acceptors (Lipinski definition) is 2. The third-order valence-corrected chi connectivity index (χ3v) is 2.95. The van der Waals surface area contributed by atoms with E-state index in [4.69, 9.17) is 11.6 Å². The highest BCUT2D eigenvalue weighted by molar-refractivity contribution is 6.30. The molecule has 3 nitrogen and oxygen atoms in total. The van der Waals surface area contributed by atoms with Gasteiger partial charge in [0.15, 0.2) is 0 Å². The van der Waals surface area contributed by atoms with Gasteiger partial charge in [0.1, 0.15) is 5.82 Å². The van der Waals surface area contributed by atoms with Gasteiger partial charge in [-0.1, -0.05) is 25.4 Å². The van der Waals surface area contributed by atoms with Crippen molar-refractivity contribution in [3.8, 4) is 0 Å². The lowest BCUT2D eigenvalue weighted by Crippen LogP contribution is -2.37. The molecule has 0 aliphatic rings. The summed E-state index contributed by atoms with van der Waals surface area (Å²) in [7, 11) is 0. The third-order valence-electron chi connectivity index (χ3n) is 2.72. The quantitative estimate of drug-likeness (QED) is 0.835. The van der Waals surface area contributed by atoms with Crippen LogP contribution in [0.15, 0.2) is 18.2 Å². The molecule has 0 aromatic heterocycles. The Morgan fingerprint density at radius 1 is 1.39 bits per heavy atom. The predicted octanol–water partition coefficient (Wildman–Crippen LogP) is 3.20. The van der Waals surface area contributed by atoms with Gasteiger partial charge in [-0.3, -0.25) is 4.79 Å². The molecule has 5 heteroatoms. The minimum atomic E-state index is -0.422. The Bertz CT molecular complexity index is 408. The highest BCUT2D eigenvalue weighted by Gasteiger charge is 2.09. The van der Waals surface area contributed by atoms with E-state index in [9.17, 15) is 9.18 Å². The van der Waals surface area contributed by atoms with E-state index in [2.05, 4.69) is 10.6 Å². The van der Waals surface area contributed by atoms with Crippen molar-refractivity contribution in [3.63, 3.8) is 0 Å². The van der Waals surface area contributed by atoms with Crippen LogP contribution in [0.4, 0.5) is 10.1 Å². The number of rotatable bonds is 6. The zero-order valence-corrected chi connectivity index (χ0v) is 11.4. The van der Waals surface area contributed by atoms with Crippen LogP contribution in [0.3, 0.4) is 0 Å². The van der Waals surface area contributed by atoms with Crippen molar-refractivity contribution < 1.29 is 9.18 Å². The van der Waals surface area contributed by atoms with E-state index in [0.29, 0.717) is 5.02 Å². The summed E-state index contributed by atoms with van der Waals surface area (Å²) in [6.07, 6.45) is 1.77. The van der Waals surface area contributed by atoms with Gasteiger partial charge < -0.3 is 10.6 Å². The fraction of sp³-hybridized carbons (Fsp3) is 0.462. The lowest BCUT2D eigenvalue weighted by Gasteiger charge is -2.15. The maximum absolute atomic E-state index is 13.4. The molecule has 0 saturated carbocycles. The molecule has 0 bridgehead atoms. The minimum Gasteiger partial charge on any atom is -0.374 e. The second-order valence-electron chi connectivity index (χ2n) is 4.06. The minimum absolute atomic E-state index is 0.0355.